The molecule has 0 saturated heterocycles. The average Bonchev–Trinajstić information content (AvgIpc) is 1.65. The van der Waals surface area contributed by atoms with Crippen LogP contribution in [-0.2, 0) is 32.5 Å². The predicted molar refractivity (Wildman–Crippen MR) is 350 cm³/mol. The summed E-state index contributed by atoms with van der Waals surface area (Å²) in [5.74, 6) is -0.952. The van der Waals surface area contributed by atoms with Gasteiger partial charge < -0.3 is 0 Å². The lowest BCUT2D eigenvalue weighted by molar-refractivity contribution is 0.589. The second-order valence-corrected chi connectivity index (χ2v) is 31.0. The molecule has 0 spiro atoms. The molecular formula is C78H74O4. The third-order valence-electron chi connectivity index (χ3n) is 19.6. The Labute approximate surface area is 480 Å². The quantitative estimate of drug-likeness (QED) is 0.164. The van der Waals surface area contributed by atoms with Crippen LogP contribution in [0.1, 0.15) is 192 Å². The zero-order valence-corrected chi connectivity index (χ0v) is 51.2. The SMILES string of the molecule is CC(C)(C)c1ccc2c(c1)-c1c(c3c4cc(C(C)(C)C)ccc4c(=O)c3c3c1c(=O)c1ccc(C(C)(C)C)cc13)C2C1c2ccc(C(C)(C)C)cc2-c2c1c1c3cc(C(C)(C)C)ccc3c(=O)c1c1c2c(=O)c2ccc(C(C)(C)C)cc21. The fraction of sp³-hybridized carbons (Fsp3) is 0.333. The van der Waals surface area contributed by atoms with Crippen LogP contribution in [0.5, 0.6) is 0 Å². The normalized spacial score (nSPS) is 16.1. The van der Waals surface area contributed by atoms with E-state index in [-0.39, 0.29) is 54.2 Å². The molecule has 2 aliphatic rings. The molecule has 0 saturated carbocycles. The van der Waals surface area contributed by atoms with Crippen LogP contribution in [0.3, 0.4) is 0 Å². The smallest absolute Gasteiger partial charge is 0.194 e. The Morgan fingerprint density at radius 1 is 0.244 bits per heavy atom. The van der Waals surface area contributed by atoms with Crippen LogP contribution < -0.4 is 21.7 Å². The highest BCUT2D eigenvalue weighted by atomic mass is 16.1. The van der Waals surface area contributed by atoms with E-state index in [9.17, 15) is 0 Å². The molecule has 12 aromatic rings. The summed E-state index contributed by atoms with van der Waals surface area (Å²) in [7, 11) is 0. The lowest BCUT2D eigenvalue weighted by atomic mass is 9.75. The van der Waals surface area contributed by atoms with Crippen molar-refractivity contribution >= 4 is 86.2 Å². The van der Waals surface area contributed by atoms with E-state index in [4.69, 9.17) is 0 Å². The zero-order chi connectivity index (χ0) is 58.5. The maximum atomic E-state index is 16.0. The Morgan fingerprint density at radius 3 is 0.744 bits per heavy atom. The first-order valence-electron chi connectivity index (χ1n) is 29.7. The van der Waals surface area contributed by atoms with Crippen LogP contribution in [0, 0.1) is 0 Å². The number of hydrogen-bond acceptors (Lipinski definition) is 4. The fourth-order valence-electron chi connectivity index (χ4n) is 15.0. The van der Waals surface area contributed by atoms with E-state index in [0.717, 1.165) is 121 Å². The fourth-order valence-corrected chi connectivity index (χ4v) is 15.0. The highest BCUT2D eigenvalue weighted by Crippen LogP contribution is 2.65. The number of rotatable bonds is 1. The molecule has 4 nitrogen and oxygen atoms in total. The minimum atomic E-state index is -0.476. The molecule has 0 aromatic heterocycles. The third-order valence-corrected chi connectivity index (χ3v) is 19.6. The van der Waals surface area contributed by atoms with Crippen molar-refractivity contribution in [3.63, 3.8) is 0 Å². The first-order chi connectivity index (χ1) is 38.2. The molecule has 0 bridgehead atoms. The molecule has 4 heteroatoms. The molecule has 2 aliphatic carbocycles. The third kappa shape index (κ3) is 6.96. The van der Waals surface area contributed by atoms with Crippen molar-refractivity contribution in [1.82, 2.24) is 0 Å². The van der Waals surface area contributed by atoms with Crippen molar-refractivity contribution in [2.75, 3.05) is 0 Å². The summed E-state index contributed by atoms with van der Waals surface area (Å²) < 4.78 is 0. The van der Waals surface area contributed by atoms with E-state index in [1.807, 2.05) is 24.3 Å². The predicted octanol–water partition coefficient (Wildman–Crippen LogP) is 18.8. The van der Waals surface area contributed by atoms with Crippen LogP contribution in [0.15, 0.2) is 128 Å². The lowest BCUT2D eigenvalue weighted by Crippen LogP contribution is -2.14. The van der Waals surface area contributed by atoms with Crippen molar-refractivity contribution in [3.05, 3.63) is 206 Å². The van der Waals surface area contributed by atoms with E-state index in [2.05, 4.69) is 210 Å². The Hall–Kier alpha value is -7.56. The molecule has 2 unspecified atom stereocenters. The molecule has 2 atom stereocenters. The van der Waals surface area contributed by atoms with E-state index in [1.54, 1.807) is 0 Å². The summed E-state index contributed by atoms with van der Waals surface area (Å²) >= 11 is 0. The van der Waals surface area contributed by atoms with Crippen molar-refractivity contribution in [2.24, 2.45) is 0 Å². The average molecular weight is 1080 g/mol. The topological polar surface area (TPSA) is 68.3 Å². The van der Waals surface area contributed by atoms with Crippen LogP contribution in [-0.4, -0.2) is 0 Å². The Morgan fingerprint density at radius 2 is 0.476 bits per heavy atom. The molecule has 82 heavy (non-hydrogen) atoms. The molecule has 0 amide bonds. The lowest BCUT2D eigenvalue weighted by Gasteiger charge is -2.27. The standard InChI is InChI=1S/C78H74O4/c1-73(2,3)37-19-25-43-49(31-37)57-63(59-51-33-39(75(7,8)9)21-27-45(51)69(79)67(59)61-53-35-41(77(13,14)15)23-29-47(53)71(81)65(57)61)55(43)56-44-26-20-38(74(4,5)6)32-50(44)58-64(56)60-52-34-40(76(10,11)12)22-28-46(52)70(80)68(60)62-54-36-42(78(16,17)18)24-30-48(54)72(82)66(58)62/h19-36,55-56H,1-18H3. The zero-order valence-electron chi connectivity index (χ0n) is 51.2. The minimum Gasteiger partial charge on any atom is -0.289 e. The van der Waals surface area contributed by atoms with Gasteiger partial charge in [-0.15, -0.1) is 0 Å². The molecule has 0 fully saturated rings. The van der Waals surface area contributed by atoms with Gasteiger partial charge in [0.2, 0.25) is 0 Å². The summed E-state index contributed by atoms with van der Waals surface area (Å²) in [6.07, 6.45) is 0. The molecule has 410 valence electrons. The van der Waals surface area contributed by atoms with E-state index in [1.165, 1.54) is 0 Å². The maximum absolute atomic E-state index is 16.0. The summed E-state index contributed by atoms with van der Waals surface area (Å²) in [6.45, 7) is 40.0. The van der Waals surface area contributed by atoms with Crippen LogP contribution in [0.25, 0.3) is 108 Å². The minimum absolute atomic E-state index is 0.0654. The van der Waals surface area contributed by atoms with Gasteiger partial charge in [0.1, 0.15) is 0 Å². The Bertz CT molecular complexity index is 4790. The maximum Gasteiger partial charge on any atom is 0.194 e. The molecule has 0 heterocycles. The van der Waals surface area contributed by atoms with Crippen LogP contribution >= 0.6 is 0 Å². The highest BCUT2D eigenvalue weighted by molar-refractivity contribution is 6.36. The van der Waals surface area contributed by atoms with Gasteiger partial charge in [-0.05, 0) is 167 Å². The van der Waals surface area contributed by atoms with Gasteiger partial charge in [0.25, 0.3) is 0 Å². The number of hydrogen-bond donors (Lipinski definition) is 0. The second kappa shape index (κ2) is 16.2. The van der Waals surface area contributed by atoms with Gasteiger partial charge in [0, 0.05) is 65.7 Å². The van der Waals surface area contributed by atoms with Crippen molar-refractivity contribution in [2.45, 2.75) is 169 Å². The van der Waals surface area contributed by atoms with Gasteiger partial charge in [-0.1, -0.05) is 210 Å². The monoisotopic (exact) mass is 1070 g/mol. The highest BCUT2D eigenvalue weighted by Gasteiger charge is 2.48. The summed E-state index contributed by atoms with van der Waals surface area (Å²) in [4.78, 5) is 64.1. The first-order valence-corrected chi connectivity index (χ1v) is 29.7. The Kier molecular flexibility index (Phi) is 10.3. The van der Waals surface area contributed by atoms with Crippen molar-refractivity contribution < 1.29 is 0 Å². The molecule has 0 N–H and O–H groups in total. The van der Waals surface area contributed by atoms with Gasteiger partial charge in [0.05, 0.1) is 0 Å². The summed E-state index contributed by atoms with van der Waals surface area (Å²) in [5.41, 5.74) is 12.9. The van der Waals surface area contributed by atoms with Crippen LogP contribution in [0.4, 0.5) is 0 Å². The van der Waals surface area contributed by atoms with Gasteiger partial charge in [-0.3, -0.25) is 19.2 Å². The van der Waals surface area contributed by atoms with E-state index >= 15 is 19.2 Å². The van der Waals surface area contributed by atoms with Gasteiger partial charge in [-0.25, -0.2) is 0 Å². The van der Waals surface area contributed by atoms with Gasteiger partial charge >= 0.3 is 0 Å². The molecule has 12 aromatic carbocycles. The van der Waals surface area contributed by atoms with E-state index < -0.39 is 11.8 Å². The molecule has 14 rings (SSSR count). The van der Waals surface area contributed by atoms with Crippen molar-refractivity contribution in [3.8, 4) is 22.3 Å². The molecule has 0 aliphatic heterocycles. The Balaban J connectivity index is 1.27. The largest absolute Gasteiger partial charge is 0.289 e. The van der Waals surface area contributed by atoms with Crippen molar-refractivity contribution in [1.29, 1.82) is 0 Å². The van der Waals surface area contributed by atoms with Crippen LogP contribution in [0.2, 0.25) is 0 Å². The van der Waals surface area contributed by atoms with E-state index in [0.29, 0.717) is 43.1 Å². The first kappa shape index (κ1) is 52.5. The summed E-state index contributed by atoms with van der Waals surface area (Å²) in [5, 5.41) is 11.6. The molecular weight excluding hydrogens is 1000 g/mol. The summed E-state index contributed by atoms with van der Waals surface area (Å²) in [6, 6.07) is 39.2. The van der Waals surface area contributed by atoms with Gasteiger partial charge in [-0.2, -0.15) is 0 Å². The molecule has 0 radical (unpaired) electrons. The van der Waals surface area contributed by atoms with Gasteiger partial charge in [0.15, 0.2) is 21.7 Å². The number of benzene rings is 8. The number of fused-ring (bicyclic) bond motifs is 24. The second-order valence-electron chi connectivity index (χ2n) is 31.0.